The van der Waals surface area contributed by atoms with Crippen LogP contribution in [0.25, 0.3) is 0 Å². The number of aliphatic hydroxyl groups is 1. The van der Waals surface area contributed by atoms with Gasteiger partial charge in [-0.1, -0.05) is 0 Å². The van der Waals surface area contributed by atoms with E-state index in [1.54, 1.807) is 6.92 Å². The first-order valence-electron chi connectivity index (χ1n) is 3.57. The lowest BCUT2D eigenvalue weighted by Gasteiger charge is -2.20. The first kappa shape index (κ1) is 8.20. The Morgan fingerprint density at radius 2 is 2.27 bits per heavy atom. The monoisotopic (exact) mass is 157 g/mol. The molecule has 62 valence electrons. The molecule has 1 aliphatic rings. The fourth-order valence-corrected chi connectivity index (χ4v) is 1.10. The van der Waals surface area contributed by atoms with E-state index in [1.165, 1.54) is 4.90 Å². The van der Waals surface area contributed by atoms with Gasteiger partial charge in [0, 0.05) is 0 Å². The van der Waals surface area contributed by atoms with Gasteiger partial charge < -0.3 is 10.0 Å². The minimum atomic E-state index is -0.228. The van der Waals surface area contributed by atoms with Crippen LogP contribution in [-0.4, -0.2) is 40.9 Å². The molecule has 1 N–H and O–H groups in total. The number of nitrogens with zero attached hydrogens (tertiary/aromatic N) is 1. The normalized spacial score (nSPS) is 21.1. The molecule has 0 aliphatic carbocycles. The van der Waals surface area contributed by atoms with Crippen LogP contribution in [0.1, 0.15) is 13.3 Å². The zero-order chi connectivity index (χ0) is 8.43. The van der Waals surface area contributed by atoms with E-state index in [1.807, 2.05) is 0 Å². The fourth-order valence-electron chi connectivity index (χ4n) is 1.10. The van der Waals surface area contributed by atoms with Crippen LogP contribution in [0.2, 0.25) is 0 Å². The maximum absolute atomic E-state index is 11.0. The van der Waals surface area contributed by atoms with Crippen molar-refractivity contribution in [3.05, 3.63) is 0 Å². The number of carbonyl (C=O) groups is 2. The Bertz CT molecular complexity index is 190. The molecule has 1 saturated heterocycles. The van der Waals surface area contributed by atoms with Gasteiger partial charge in [-0.15, -0.1) is 0 Å². The SMILES string of the molecule is CC(CO)N1CC(=O)CC1=O. The summed E-state index contributed by atoms with van der Waals surface area (Å²) in [6, 6.07) is -0.228. The molecule has 1 rings (SSSR count). The maximum atomic E-state index is 11.0. The van der Waals surface area contributed by atoms with Crippen molar-refractivity contribution in [3.63, 3.8) is 0 Å². The molecule has 0 aromatic rings. The average molecular weight is 157 g/mol. The number of hydrogen-bond donors (Lipinski definition) is 1. The van der Waals surface area contributed by atoms with Gasteiger partial charge in [0.1, 0.15) is 0 Å². The molecule has 1 heterocycles. The quantitative estimate of drug-likeness (QED) is 0.532. The van der Waals surface area contributed by atoms with Gasteiger partial charge in [-0.05, 0) is 6.92 Å². The van der Waals surface area contributed by atoms with Crippen LogP contribution < -0.4 is 0 Å². The lowest BCUT2D eigenvalue weighted by molar-refractivity contribution is -0.130. The number of Topliss-reactive ketones (excluding diaryl/α,β-unsaturated/α-hetero) is 1. The van der Waals surface area contributed by atoms with Gasteiger partial charge in [0.15, 0.2) is 5.78 Å². The number of ketones is 1. The molecule has 1 amide bonds. The third kappa shape index (κ3) is 1.57. The predicted molar refractivity (Wildman–Crippen MR) is 37.9 cm³/mol. The van der Waals surface area contributed by atoms with Crippen molar-refractivity contribution in [2.75, 3.05) is 13.2 Å². The van der Waals surface area contributed by atoms with Crippen molar-refractivity contribution in [3.8, 4) is 0 Å². The minimum absolute atomic E-state index is 0.00431. The summed E-state index contributed by atoms with van der Waals surface area (Å²) in [5, 5.41) is 8.69. The van der Waals surface area contributed by atoms with Gasteiger partial charge in [0.2, 0.25) is 5.91 Å². The Morgan fingerprint density at radius 3 is 2.64 bits per heavy atom. The van der Waals surface area contributed by atoms with E-state index >= 15 is 0 Å². The summed E-state index contributed by atoms with van der Waals surface area (Å²) in [4.78, 5) is 23.1. The highest BCUT2D eigenvalue weighted by Crippen LogP contribution is 2.09. The number of aliphatic hydroxyl groups excluding tert-OH is 1. The molecule has 4 nitrogen and oxygen atoms in total. The molecule has 0 radical (unpaired) electrons. The molecule has 0 spiro atoms. The van der Waals surface area contributed by atoms with E-state index < -0.39 is 0 Å². The first-order valence-corrected chi connectivity index (χ1v) is 3.57. The van der Waals surface area contributed by atoms with E-state index in [-0.39, 0.29) is 37.3 Å². The second-order valence-electron chi connectivity index (χ2n) is 2.77. The number of rotatable bonds is 2. The van der Waals surface area contributed by atoms with Crippen molar-refractivity contribution in [1.82, 2.24) is 4.90 Å². The Kier molecular flexibility index (Phi) is 2.24. The number of amides is 1. The minimum Gasteiger partial charge on any atom is -0.394 e. The summed E-state index contributed by atoms with van der Waals surface area (Å²) in [5.41, 5.74) is 0. The van der Waals surface area contributed by atoms with Crippen LogP contribution in [-0.2, 0) is 9.59 Å². The van der Waals surface area contributed by atoms with Crippen LogP contribution in [0.4, 0.5) is 0 Å². The van der Waals surface area contributed by atoms with Gasteiger partial charge in [0.05, 0.1) is 25.6 Å². The predicted octanol–water partition coefficient (Wildman–Crippen LogP) is -0.831. The van der Waals surface area contributed by atoms with Gasteiger partial charge in [0.25, 0.3) is 0 Å². The van der Waals surface area contributed by atoms with Crippen molar-refractivity contribution in [1.29, 1.82) is 0 Å². The third-order valence-corrected chi connectivity index (χ3v) is 1.81. The Balaban J connectivity index is 2.59. The standard InChI is InChI=1S/C7H11NO3/c1-5(4-9)8-3-6(10)2-7(8)11/h5,9H,2-4H2,1H3. The molecule has 1 aliphatic heterocycles. The topological polar surface area (TPSA) is 57.6 Å². The number of carbonyl (C=O) groups excluding carboxylic acids is 2. The molecule has 0 saturated carbocycles. The lowest BCUT2D eigenvalue weighted by Crippen LogP contribution is -2.36. The zero-order valence-corrected chi connectivity index (χ0v) is 6.41. The van der Waals surface area contributed by atoms with Crippen LogP contribution in [0.3, 0.4) is 0 Å². The van der Waals surface area contributed by atoms with E-state index in [4.69, 9.17) is 5.11 Å². The Labute approximate surface area is 64.8 Å². The highest BCUT2D eigenvalue weighted by atomic mass is 16.3. The number of likely N-dealkylation sites (tertiary alicyclic amines) is 1. The Hall–Kier alpha value is -0.900. The first-order chi connectivity index (χ1) is 5.15. The van der Waals surface area contributed by atoms with Crippen LogP contribution >= 0.6 is 0 Å². The van der Waals surface area contributed by atoms with E-state index in [0.717, 1.165) is 0 Å². The summed E-state index contributed by atoms with van der Waals surface area (Å²) in [5.74, 6) is -0.230. The molecule has 0 aromatic heterocycles. The van der Waals surface area contributed by atoms with E-state index in [9.17, 15) is 9.59 Å². The molecule has 0 aromatic carbocycles. The van der Waals surface area contributed by atoms with Crippen molar-refractivity contribution in [2.24, 2.45) is 0 Å². The molecule has 4 heteroatoms. The molecular weight excluding hydrogens is 146 g/mol. The largest absolute Gasteiger partial charge is 0.394 e. The van der Waals surface area contributed by atoms with Gasteiger partial charge in [-0.2, -0.15) is 0 Å². The summed E-state index contributed by atoms with van der Waals surface area (Å²) >= 11 is 0. The van der Waals surface area contributed by atoms with Crippen LogP contribution in [0.15, 0.2) is 0 Å². The zero-order valence-electron chi connectivity index (χ0n) is 6.41. The van der Waals surface area contributed by atoms with Gasteiger partial charge in [-0.3, -0.25) is 9.59 Å². The van der Waals surface area contributed by atoms with Crippen LogP contribution in [0, 0.1) is 0 Å². The summed E-state index contributed by atoms with van der Waals surface area (Å²) in [6.07, 6.45) is 0.00431. The van der Waals surface area contributed by atoms with E-state index in [0.29, 0.717) is 0 Å². The van der Waals surface area contributed by atoms with Crippen molar-refractivity contribution < 1.29 is 14.7 Å². The van der Waals surface area contributed by atoms with Crippen molar-refractivity contribution in [2.45, 2.75) is 19.4 Å². The lowest BCUT2D eigenvalue weighted by atomic mass is 10.3. The smallest absolute Gasteiger partial charge is 0.230 e. The molecule has 1 fully saturated rings. The van der Waals surface area contributed by atoms with Gasteiger partial charge >= 0.3 is 0 Å². The highest BCUT2D eigenvalue weighted by molar-refractivity contribution is 6.05. The van der Waals surface area contributed by atoms with Crippen LogP contribution in [0.5, 0.6) is 0 Å². The molecule has 1 unspecified atom stereocenters. The molecular formula is C7H11NO3. The average Bonchev–Trinajstić information content (AvgIpc) is 2.28. The van der Waals surface area contributed by atoms with Crippen molar-refractivity contribution >= 4 is 11.7 Å². The molecule has 0 bridgehead atoms. The van der Waals surface area contributed by atoms with E-state index in [2.05, 4.69) is 0 Å². The highest BCUT2D eigenvalue weighted by Gasteiger charge is 2.30. The number of hydrogen-bond acceptors (Lipinski definition) is 3. The second kappa shape index (κ2) is 3.00. The second-order valence-corrected chi connectivity index (χ2v) is 2.77. The third-order valence-electron chi connectivity index (χ3n) is 1.81. The molecule has 11 heavy (non-hydrogen) atoms. The van der Waals surface area contributed by atoms with Gasteiger partial charge in [-0.25, -0.2) is 0 Å². The summed E-state index contributed by atoms with van der Waals surface area (Å²) in [6.45, 7) is 1.80. The fraction of sp³-hybridized carbons (Fsp3) is 0.714. The molecule has 1 atom stereocenters. The maximum Gasteiger partial charge on any atom is 0.230 e. The summed E-state index contributed by atoms with van der Waals surface area (Å²) in [7, 11) is 0. The summed E-state index contributed by atoms with van der Waals surface area (Å²) < 4.78 is 0. The Morgan fingerprint density at radius 1 is 1.64 bits per heavy atom.